The maximum Gasteiger partial charge on any atom is 0.194 e. The second kappa shape index (κ2) is 12.8. The van der Waals surface area contributed by atoms with Gasteiger partial charge in [-0.05, 0) is 91.8 Å². The lowest BCUT2D eigenvalue weighted by Gasteiger charge is -2.19. The number of ketones is 1. The molecule has 0 aliphatic carbocycles. The van der Waals surface area contributed by atoms with E-state index in [4.69, 9.17) is 0 Å². The number of aryl methyl sites for hydroxylation is 5. The molecule has 0 aliphatic rings. The van der Waals surface area contributed by atoms with Gasteiger partial charge in [-0.3, -0.25) is 4.79 Å². The van der Waals surface area contributed by atoms with Crippen molar-refractivity contribution in [1.82, 2.24) is 4.57 Å². The summed E-state index contributed by atoms with van der Waals surface area (Å²) < 4.78 is 2.58. The van der Waals surface area contributed by atoms with Gasteiger partial charge in [-0.2, -0.15) is 0 Å². The summed E-state index contributed by atoms with van der Waals surface area (Å²) in [6.07, 6.45) is 6.88. The summed E-state index contributed by atoms with van der Waals surface area (Å²) in [6.45, 7) is 11.8. The van der Waals surface area contributed by atoms with Gasteiger partial charge in [0.05, 0.1) is 5.52 Å². The number of carbonyl (C=O) groups is 1. The van der Waals surface area contributed by atoms with Crippen LogP contribution in [0.4, 0.5) is 0 Å². The zero-order valence-corrected chi connectivity index (χ0v) is 27.0. The average Bonchev–Trinajstić information content (AvgIpc) is 3.34. The molecule has 5 aromatic carbocycles. The third-order valence-corrected chi connectivity index (χ3v) is 9.61. The number of unbranched alkanes of at least 4 members (excludes halogenated alkanes) is 1. The SMILES string of the molecule is CCCCC(CC)Cn1c2ccc(CCc3ccccc3)cc2c2cc(C(=O)c3c(C)cc(C)cc3C)c3ccccc3c21. The fourth-order valence-electron chi connectivity index (χ4n) is 7.33. The van der Waals surface area contributed by atoms with Crippen molar-refractivity contribution in [2.75, 3.05) is 0 Å². The highest BCUT2D eigenvalue weighted by Gasteiger charge is 2.23. The molecule has 0 N–H and O–H groups in total. The smallest absolute Gasteiger partial charge is 0.194 e. The van der Waals surface area contributed by atoms with Crippen molar-refractivity contribution in [1.29, 1.82) is 0 Å². The lowest BCUT2D eigenvalue weighted by atomic mass is 9.89. The predicted molar refractivity (Wildman–Crippen MR) is 188 cm³/mol. The molecule has 1 atom stereocenters. The highest BCUT2D eigenvalue weighted by molar-refractivity contribution is 6.26. The Balaban J connectivity index is 1.58. The Kier molecular flexibility index (Phi) is 8.71. The van der Waals surface area contributed by atoms with Gasteiger partial charge in [0.15, 0.2) is 5.78 Å². The Labute approximate surface area is 262 Å². The largest absolute Gasteiger partial charge is 0.340 e. The van der Waals surface area contributed by atoms with Gasteiger partial charge in [-0.25, -0.2) is 0 Å². The van der Waals surface area contributed by atoms with Crippen LogP contribution in [0.15, 0.2) is 91.0 Å². The van der Waals surface area contributed by atoms with Gasteiger partial charge >= 0.3 is 0 Å². The van der Waals surface area contributed by atoms with Crippen molar-refractivity contribution < 1.29 is 4.79 Å². The van der Waals surface area contributed by atoms with Crippen molar-refractivity contribution in [3.05, 3.63) is 130 Å². The first kappa shape index (κ1) is 29.9. The molecule has 2 heteroatoms. The molecular formula is C42H45NO. The Morgan fingerprint density at radius 1 is 0.705 bits per heavy atom. The molecule has 0 spiro atoms. The molecule has 0 aliphatic heterocycles. The summed E-state index contributed by atoms with van der Waals surface area (Å²) >= 11 is 0. The first-order valence-corrected chi connectivity index (χ1v) is 16.5. The van der Waals surface area contributed by atoms with Crippen molar-refractivity contribution >= 4 is 38.4 Å². The van der Waals surface area contributed by atoms with Crippen molar-refractivity contribution in [3.63, 3.8) is 0 Å². The minimum absolute atomic E-state index is 0.119. The van der Waals surface area contributed by atoms with E-state index in [0.29, 0.717) is 5.92 Å². The first-order chi connectivity index (χ1) is 21.4. The lowest BCUT2D eigenvalue weighted by Crippen LogP contribution is -2.11. The number of hydrogen-bond acceptors (Lipinski definition) is 1. The molecule has 0 radical (unpaired) electrons. The molecular weight excluding hydrogens is 534 g/mol. The number of benzene rings is 5. The molecule has 0 fully saturated rings. The van der Waals surface area contributed by atoms with Crippen LogP contribution in [0.3, 0.4) is 0 Å². The minimum Gasteiger partial charge on any atom is -0.340 e. The molecule has 2 nitrogen and oxygen atoms in total. The standard InChI is InChI=1S/C42H45NO/c1-6-8-14-31(7-2)27-43-39-22-21-33(20-19-32-15-10-9-11-16-32)25-36(39)37-26-38(34-17-12-13-18-35(34)41(37)43)42(44)40-29(4)23-28(3)24-30(40)5/h9-13,15-18,21-26,31H,6-8,14,19-20,27H2,1-5H3. The van der Waals surface area contributed by atoms with Crippen LogP contribution in [-0.2, 0) is 19.4 Å². The Bertz CT molecular complexity index is 1940. The Morgan fingerprint density at radius 2 is 1.39 bits per heavy atom. The molecule has 1 heterocycles. The second-order valence-electron chi connectivity index (χ2n) is 12.8. The molecule has 0 bridgehead atoms. The van der Waals surface area contributed by atoms with Gasteiger partial charge in [0.25, 0.3) is 0 Å². The topological polar surface area (TPSA) is 22.0 Å². The first-order valence-electron chi connectivity index (χ1n) is 16.5. The average molecular weight is 580 g/mol. The van der Waals surface area contributed by atoms with Crippen LogP contribution in [0.2, 0.25) is 0 Å². The molecule has 0 saturated heterocycles. The summed E-state index contributed by atoms with van der Waals surface area (Å²) in [5.74, 6) is 0.734. The normalized spacial score (nSPS) is 12.4. The minimum atomic E-state index is 0.119. The van der Waals surface area contributed by atoms with E-state index in [0.717, 1.165) is 53.4 Å². The van der Waals surface area contributed by atoms with Crippen LogP contribution >= 0.6 is 0 Å². The van der Waals surface area contributed by atoms with Crippen LogP contribution in [0.25, 0.3) is 32.6 Å². The molecule has 0 amide bonds. The molecule has 1 unspecified atom stereocenters. The molecule has 0 saturated carbocycles. The number of rotatable bonds is 11. The Morgan fingerprint density at radius 3 is 2.09 bits per heavy atom. The number of carbonyl (C=O) groups excluding carboxylic acids is 1. The molecule has 1 aromatic heterocycles. The second-order valence-corrected chi connectivity index (χ2v) is 12.8. The summed E-state index contributed by atoms with van der Waals surface area (Å²) in [5, 5.41) is 4.66. The van der Waals surface area contributed by atoms with E-state index in [1.807, 2.05) is 0 Å². The van der Waals surface area contributed by atoms with Crippen molar-refractivity contribution in [2.45, 2.75) is 79.7 Å². The van der Waals surface area contributed by atoms with Gasteiger partial charge < -0.3 is 4.57 Å². The monoisotopic (exact) mass is 579 g/mol. The van der Waals surface area contributed by atoms with Crippen LogP contribution < -0.4 is 0 Å². The van der Waals surface area contributed by atoms with Gasteiger partial charge in [0.1, 0.15) is 0 Å². The van der Waals surface area contributed by atoms with Crippen molar-refractivity contribution in [3.8, 4) is 0 Å². The summed E-state index contributed by atoms with van der Waals surface area (Å²) in [4.78, 5) is 14.5. The van der Waals surface area contributed by atoms with E-state index >= 15 is 0 Å². The van der Waals surface area contributed by atoms with Crippen LogP contribution in [0, 0.1) is 26.7 Å². The van der Waals surface area contributed by atoms with E-state index in [1.165, 1.54) is 63.1 Å². The van der Waals surface area contributed by atoms with Crippen LogP contribution in [0.1, 0.15) is 83.3 Å². The quantitative estimate of drug-likeness (QED) is 0.140. The zero-order valence-electron chi connectivity index (χ0n) is 27.0. The Hall–Kier alpha value is -4.17. The van der Waals surface area contributed by atoms with E-state index in [1.54, 1.807) is 0 Å². The highest BCUT2D eigenvalue weighted by Crippen LogP contribution is 2.39. The summed E-state index contributed by atoms with van der Waals surface area (Å²) in [5.41, 5.74) is 10.2. The van der Waals surface area contributed by atoms with Gasteiger partial charge in [0.2, 0.25) is 0 Å². The van der Waals surface area contributed by atoms with Gasteiger partial charge in [0, 0.05) is 39.3 Å². The molecule has 224 valence electrons. The predicted octanol–water partition coefficient (Wildman–Crippen LogP) is 11.1. The summed E-state index contributed by atoms with van der Waals surface area (Å²) in [6, 6.07) is 32.8. The van der Waals surface area contributed by atoms with Crippen LogP contribution in [-0.4, -0.2) is 10.4 Å². The number of nitrogens with zero attached hydrogens (tertiary/aromatic N) is 1. The van der Waals surface area contributed by atoms with Crippen LogP contribution in [0.5, 0.6) is 0 Å². The number of fused-ring (bicyclic) bond motifs is 5. The summed E-state index contributed by atoms with van der Waals surface area (Å²) in [7, 11) is 0. The van der Waals surface area contributed by atoms with Crippen molar-refractivity contribution in [2.24, 2.45) is 5.92 Å². The lowest BCUT2D eigenvalue weighted by molar-refractivity contribution is 0.103. The fourth-order valence-corrected chi connectivity index (χ4v) is 7.33. The van der Waals surface area contributed by atoms with E-state index in [-0.39, 0.29) is 5.78 Å². The maximum atomic E-state index is 14.5. The molecule has 44 heavy (non-hydrogen) atoms. The maximum absolute atomic E-state index is 14.5. The zero-order chi connectivity index (χ0) is 30.8. The van der Waals surface area contributed by atoms with Gasteiger partial charge in [-0.15, -0.1) is 0 Å². The fraction of sp³-hybridized carbons (Fsp3) is 0.310. The third-order valence-electron chi connectivity index (χ3n) is 9.61. The molecule has 6 aromatic rings. The number of aromatic nitrogens is 1. The van der Waals surface area contributed by atoms with E-state index < -0.39 is 0 Å². The third kappa shape index (κ3) is 5.71. The van der Waals surface area contributed by atoms with E-state index in [9.17, 15) is 4.79 Å². The van der Waals surface area contributed by atoms with Gasteiger partial charge in [-0.1, -0.05) is 111 Å². The number of hydrogen-bond donors (Lipinski definition) is 0. The van der Waals surface area contributed by atoms with E-state index in [2.05, 4.69) is 130 Å². The molecule has 6 rings (SSSR count). The highest BCUT2D eigenvalue weighted by atomic mass is 16.1.